The van der Waals surface area contributed by atoms with Crippen molar-refractivity contribution in [2.45, 2.75) is 0 Å². The molecule has 6 aromatic rings. The maximum Gasteiger partial charge on any atom is 0.295 e. The van der Waals surface area contributed by atoms with Gasteiger partial charge in [-0.25, -0.2) is 15.0 Å². The van der Waals surface area contributed by atoms with Crippen LogP contribution in [0.2, 0.25) is 0 Å². The van der Waals surface area contributed by atoms with Crippen molar-refractivity contribution in [1.82, 2.24) is 19.5 Å². The monoisotopic (exact) mass is 443 g/mol. The van der Waals surface area contributed by atoms with Crippen LogP contribution in [0.1, 0.15) is 0 Å². The van der Waals surface area contributed by atoms with Crippen LogP contribution in [-0.4, -0.2) is 24.4 Å². The second kappa shape index (κ2) is 7.90. The Morgan fingerprint density at radius 3 is 2.44 bits per heavy atom. The van der Waals surface area contributed by atoms with Crippen molar-refractivity contribution in [3.63, 3.8) is 0 Å². The third-order valence-electron chi connectivity index (χ3n) is 5.82. The molecule has 0 aliphatic carbocycles. The van der Waals surface area contributed by atoms with Crippen LogP contribution in [0.3, 0.4) is 0 Å². The van der Waals surface area contributed by atoms with Gasteiger partial charge in [0.05, 0.1) is 21.7 Å². The number of hydrogen-bond acceptors (Lipinski definition) is 5. The SMILES string of the molecule is O=[N+]([O-])c1cnc(-c2ccccc2)cc1-c1cnc2c(ccn2-c2ccc3ccccc3n2)c1. The van der Waals surface area contributed by atoms with E-state index in [-0.39, 0.29) is 5.69 Å². The van der Waals surface area contributed by atoms with E-state index in [0.717, 1.165) is 33.3 Å². The van der Waals surface area contributed by atoms with Crippen LogP contribution in [0, 0.1) is 10.1 Å². The third kappa shape index (κ3) is 3.36. The first-order chi connectivity index (χ1) is 16.7. The Morgan fingerprint density at radius 2 is 1.59 bits per heavy atom. The van der Waals surface area contributed by atoms with E-state index in [9.17, 15) is 10.1 Å². The zero-order chi connectivity index (χ0) is 23.1. The molecule has 0 spiro atoms. The minimum absolute atomic E-state index is 0.0588. The van der Waals surface area contributed by atoms with E-state index in [1.54, 1.807) is 12.3 Å². The first-order valence-electron chi connectivity index (χ1n) is 10.7. The normalized spacial score (nSPS) is 11.2. The molecule has 0 saturated carbocycles. The standard InChI is InChI=1S/C27H17N5O2/c33-32(34)25-17-28-24(18-6-2-1-3-7-18)15-22(25)21-14-20-12-13-31(27(20)29-16-21)26-11-10-19-8-4-5-9-23(19)30-26/h1-17H. The van der Waals surface area contributed by atoms with Crippen LogP contribution in [0.15, 0.2) is 104 Å². The molecular weight excluding hydrogens is 426 g/mol. The molecule has 34 heavy (non-hydrogen) atoms. The molecule has 4 aromatic heterocycles. The summed E-state index contributed by atoms with van der Waals surface area (Å²) in [5, 5.41) is 13.7. The second-order valence-corrected chi connectivity index (χ2v) is 7.89. The molecule has 162 valence electrons. The summed E-state index contributed by atoms with van der Waals surface area (Å²) in [5.74, 6) is 0.759. The Bertz CT molecular complexity index is 1690. The zero-order valence-corrected chi connectivity index (χ0v) is 17.9. The fourth-order valence-electron chi connectivity index (χ4n) is 4.14. The quantitative estimate of drug-likeness (QED) is 0.239. The molecule has 0 unspecified atom stereocenters. The minimum Gasteiger partial charge on any atom is -0.285 e. The largest absolute Gasteiger partial charge is 0.295 e. The van der Waals surface area contributed by atoms with Crippen molar-refractivity contribution in [1.29, 1.82) is 0 Å². The smallest absolute Gasteiger partial charge is 0.285 e. The summed E-state index contributed by atoms with van der Waals surface area (Å²) in [6, 6.07) is 27.1. The summed E-state index contributed by atoms with van der Waals surface area (Å²) in [5.41, 5.74) is 4.26. The predicted octanol–water partition coefficient (Wildman–Crippen LogP) is 6.21. The lowest BCUT2D eigenvalue weighted by Crippen LogP contribution is -1.98. The molecular formula is C27H17N5O2. The fraction of sp³-hybridized carbons (Fsp3) is 0. The minimum atomic E-state index is -0.411. The Labute approximate surface area is 194 Å². The highest BCUT2D eigenvalue weighted by Crippen LogP contribution is 2.34. The number of benzene rings is 2. The number of nitrogens with zero attached hydrogens (tertiary/aromatic N) is 5. The fourth-order valence-corrected chi connectivity index (χ4v) is 4.14. The summed E-state index contributed by atoms with van der Waals surface area (Å²) < 4.78 is 1.92. The van der Waals surface area contributed by atoms with E-state index in [1.165, 1.54) is 6.20 Å². The maximum absolute atomic E-state index is 11.7. The van der Waals surface area contributed by atoms with Crippen LogP contribution in [0.5, 0.6) is 0 Å². The van der Waals surface area contributed by atoms with E-state index in [2.05, 4.69) is 9.97 Å². The molecule has 7 heteroatoms. The lowest BCUT2D eigenvalue weighted by atomic mass is 10.0. The summed E-state index contributed by atoms with van der Waals surface area (Å²) in [7, 11) is 0. The molecule has 0 N–H and O–H groups in total. The van der Waals surface area contributed by atoms with Crippen LogP contribution in [0.25, 0.3) is 50.1 Å². The van der Waals surface area contributed by atoms with E-state index in [1.807, 2.05) is 89.6 Å². The molecule has 0 amide bonds. The molecule has 0 radical (unpaired) electrons. The van der Waals surface area contributed by atoms with Gasteiger partial charge in [0.15, 0.2) is 0 Å². The number of para-hydroxylation sites is 1. The lowest BCUT2D eigenvalue weighted by Gasteiger charge is -2.08. The number of rotatable bonds is 4. The molecule has 6 rings (SSSR count). The van der Waals surface area contributed by atoms with Crippen molar-refractivity contribution in [3.8, 4) is 28.2 Å². The lowest BCUT2D eigenvalue weighted by molar-refractivity contribution is -0.384. The van der Waals surface area contributed by atoms with Gasteiger partial charge in [-0.3, -0.25) is 14.7 Å². The van der Waals surface area contributed by atoms with Crippen molar-refractivity contribution in [2.75, 3.05) is 0 Å². The summed E-state index contributed by atoms with van der Waals surface area (Å²) in [6.07, 6.45) is 4.89. The van der Waals surface area contributed by atoms with Gasteiger partial charge in [-0.15, -0.1) is 0 Å². The van der Waals surface area contributed by atoms with Gasteiger partial charge in [0.1, 0.15) is 17.7 Å². The molecule has 2 aromatic carbocycles. The number of pyridine rings is 3. The van der Waals surface area contributed by atoms with Crippen LogP contribution in [0.4, 0.5) is 5.69 Å². The first kappa shape index (κ1) is 19.8. The zero-order valence-electron chi connectivity index (χ0n) is 17.9. The Kier molecular flexibility index (Phi) is 4.59. The molecule has 0 aliphatic heterocycles. The number of hydrogen-bond donors (Lipinski definition) is 0. The molecule has 0 fully saturated rings. The molecule has 0 bridgehead atoms. The van der Waals surface area contributed by atoms with Gasteiger partial charge in [-0.05, 0) is 36.4 Å². The Hall–Kier alpha value is -4.91. The van der Waals surface area contributed by atoms with Gasteiger partial charge < -0.3 is 0 Å². The van der Waals surface area contributed by atoms with Gasteiger partial charge in [0.25, 0.3) is 5.69 Å². The number of nitro groups is 1. The Balaban J connectivity index is 1.47. The van der Waals surface area contributed by atoms with Crippen molar-refractivity contribution in [3.05, 3.63) is 114 Å². The third-order valence-corrected chi connectivity index (χ3v) is 5.82. The summed E-state index contributed by atoms with van der Waals surface area (Å²) in [6.45, 7) is 0. The maximum atomic E-state index is 11.7. The van der Waals surface area contributed by atoms with Gasteiger partial charge in [-0.2, -0.15) is 0 Å². The molecule has 7 nitrogen and oxygen atoms in total. The molecule has 0 atom stereocenters. The molecule has 0 saturated heterocycles. The van der Waals surface area contributed by atoms with Crippen molar-refractivity contribution >= 4 is 27.6 Å². The Morgan fingerprint density at radius 1 is 0.765 bits per heavy atom. The highest BCUT2D eigenvalue weighted by atomic mass is 16.6. The molecule has 4 heterocycles. The first-order valence-corrected chi connectivity index (χ1v) is 10.7. The topological polar surface area (TPSA) is 86.7 Å². The van der Waals surface area contributed by atoms with E-state index in [4.69, 9.17) is 4.98 Å². The van der Waals surface area contributed by atoms with Gasteiger partial charge >= 0.3 is 0 Å². The number of aromatic nitrogens is 4. The van der Waals surface area contributed by atoms with Gasteiger partial charge in [-0.1, -0.05) is 48.5 Å². The van der Waals surface area contributed by atoms with Crippen LogP contribution >= 0.6 is 0 Å². The van der Waals surface area contributed by atoms with E-state index >= 15 is 0 Å². The predicted molar refractivity (Wildman–Crippen MR) is 132 cm³/mol. The summed E-state index contributed by atoms with van der Waals surface area (Å²) >= 11 is 0. The van der Waals surface area contributed by atoms with Gasteiger partial charge in [0, 0.05) is 34.3 Å². The highest BCUT2D eigenvalue weighted by molar-refractivity contribution is 5.87. The summed E-state index contributed by atoms with van der Waals surface area (Å²) in [4.78, 5) is 25.1. The van der Waals surface area contributed by atoms with Crippen molar-refractivity contribution in [2.24, 2.45) is 0 Å². The van der Waals surface area contributed by atoms with Crippen molar-refractivity contribution < 1.29 is 4.92 Å². The average molecular weight is 443 g/mol. The highest BCUT2D eigenvalue weighted by Gasteiger charge is 2.19. The number of fused-ring (bicyclic) bond motifs is 2. The van der Waals surface area contributed by atoms with E-state index < -0.39 is 4.92 Å². The average Bonchev–Trinajstić information content (AvgIpc) is 3.32. The van der Waals surface area contributed by atoms with E-state index in [0.29, 0.717) is 16.8 Å². The second-order valence-electron chi connectivity index (χ2n) is 7.89. The molecule has 0 aliphatic rings. The van der Waals surface area contributed by atoms with Gasteiger partial charge in [0.2, 0.25) is 0 Å². The van der Waals surface area contributed by atoms with Crippen LogP contribution in [-0.2, 0) is 0 Å². The van der Waals surface area contributed by atoms with Crippen LogP contribution < -0.4 is 0 Å².